The molecule has 2 aromatic rings. The Morgan fingerprint density at radius 2 is 1.58 bits per heavy atom. The number of fused-ring (bicyclic) bond motifs is 1. The third-order valence-corrected chi connectivity index (χ3v) is 16.3. The Morgan fingerprint density at radius 1 is 0.977 bits per heavy atom. The maximum Gasteiger partial charge on any atom is 0.261 e. The van der Waals surface area contributed by atoms with Crippen molar-refractivity contribution in [3.8, 4) is 0 Å². The first-order valence-electron chi connectivity index (χ1n) is 16.9. The summed E-state index contributed by atoms with van der Waals surface area (Å²) in [5.41, 5.74) is 3.12. The molecular weight excluding hydrogens is 545 g/mol. The van der Waals surface area contributed by atoms with Gasteiger partial charge in [-0.15, -0.1) is 6.58 Å². The van der Waals surface area contributed by atoms with Gasteiger partial charge in [0.25, 0.3) is 8.32 Å². The van der Waals surface area contributed by atoms with Gasteiger partial charge in [-0.3, -0.25) is 0 Å². The Hall–Kier alpha value is -1.98. The molecule has 0 spiro atoms. The standard InChI is InChI=1S/C39H56O3Si/c1-30(2)16-14-24-38(7)25-15-21-35-34(38)23-22-31(3)39(35,36-40-28-29-41-36)26-27-42-43(37(4,5)6,32-17-10-8-11-18-32)33-19-12-9-13-20-33/h8-13,17-20,23,31,35-36H,1,14-16,21-22,24-29H2,2-7H3/t31-,35-,38-,39+/m0/s1. The lowest BCUT2D eigenvalue weighted by Gasteiger charge is -2.57. The van der Waals surface area contributed by atoms with Gasteiger partial charge in [-0.2, -0.15) is 0 Å². The first-order valence-corrected chi connectivity index (χ1v) is 18.8. The van der Waals surface area contributed by atoms with Gasteiger partial charge < -0.3 is 13.9 Å². The molecule has 2 aromatic carbocycles. The van der Waals surface area contributed by atoms with Gasteiger partial charge in [0.1, 0.15) is 0 Å². The molecular formula is C39H56O3Si. The zero-order valence-electron chi connectivity index (χ0n) is 27.8. The number of ether oxygens (including phenoxy) is 2. The second-order valence-corrected chi connectivity index (χ2v) is 19.4. The summed E-state index contributed by atoms with van der Waals surface area (Å²) in [5.74, 6) is 0.926. The fourth-order valence-corrected chi connectivity index (χ4v) is 13.6. The summed E-state index contributed by atoms with van der Waals surface area (Å²) in [5, 5.41) is 2.64. The monoisotopic (exact) mass is 600 g/mol. The lowest BCUT2D eigenvalue weighted by molar-refractivity contribution is -0.188. The summed E-state index contributed by atoms with van der Waals surface area (Å²) in [6, 6.07) is 22.1. The SMILES string of the molecule is C=C(C)CCC[C@@]1(C)CCC[C@H]2C1=CC[C@H](C)[C@@]2(CCO[Si](c1ccccc1)(c1ccccc1)C(C)(C)C)C1OCCO1. The van der Waals surface area contributed by atoms with E-state index in [4.69, 9.17) is 13.9 Å². The number of benzene rings is 2. The average Bonchev–Trinajstić information content (AvgIpc) is 3.52. The normalized spacial score (nSPS) is 28.4. The molecule has 0 amide bonds. The molecule has 3 aliphatic rings. The molecule has 4 heteroatoms. The van der Waals surface area contributed by atoms with Gasteiger partial charge in [-0.05, 0) is 84.5 Å². The van der Waals surface area contributed by atoms with E-state index in [9.17, 15) is 0 Å². The van der Waals surface area contributed by atoms with E-state index in [1.165, 1.54) is 48.1 Å². The van der Waals surface area contributed by atoms with Crippen molar-refractivity contribution in [2.45, 2.75) is 104 Å². The van der Waals surface area contributed by atoms with Crippen LogP contribution in [-0.2, 0) is 13.9 Å². The van der Waals surface area contributed by atoms with Gasteiger partial charge in [0, 0.05) is 12.0 Å². The van der Waals surface area contributed by atoms with Crippen molar-refractivity contribution < 1.29 is 13.9 Å². The third-order valence-electron chi connectivity index (χ3n) is 11.2. The predicted molar refractivity (Wildman–Crippen MR) is 182 cm³/mol. The molecule has 0 radical (unpaired) electrons. The highest BCUT2D eigenvalue weighted by Crippen LogP contribution is 2.61. The van der Waals surface area contributed by atoms with Crippen LogP contribution in [0.5, 0.6) is 0 Å². The van der Waals surface area contributed by atoms with Gasteiger partial charge in [0.05, 0.1) is 13.2 Å². The van der Waals surface area contributed by atoms with Crippen molar-refractivity contribution in [2.24, 2.45) is 22.7 Å². The quantitative estimate of drug-likeness (QED) is 0.191. The Morgan fingerprint density at radius 3 is 2.14 bits per heavy atom. The summed E-state index contributed by atoms with van der Waals surface area (Å²) >= 11 is 0. The number of hydrogen-bond donors (Lipinski definition) is 0. The number of rotatable bonds is 11. The molecule has 43 heavy (non-hydrogen) atoms. The van der Waals surface area contributed by atoms with Gasteiger partial charge in [0.15, 0.2) is 6.29 Å². The van der Waals surface area contributed by atoms with Crippen molar-refractivity contribution in [1.82, 2.24) is 0 Å². The summed E-state index contributed by atoms with van der Waals surface area (Å²) < 4.78 is 20.5. The maximum atomic E-state index is 7.52. The lowest BCUT2D eigenvalue weighted by Crippen LogP contribution is -2.67. The van der Waals surface area contributed by atoms with Crippen LogP contribution in [0.15, 0.2) is 84.5 Å². The summed E-state index contributed by atoms with van der Waals surface area (Å²) in [6.07, 6.45) is 11.8. The van der Waals surface area contributed by atoms with Crippen LogP contribution in [0.2, 0.25) is 5.04 Å². The fraction of sp³-hybridized carbons (Fsp3) is 0.590. The molecule has 0 N–H and O–H groups in total. The summed E-state index contributed by atoms with van der Waals surface area (Å²) in [6.45, 7) is 20.6. The largest absolute Gasteiger partial charge is 0.407 e. The molecule has 1 heterocycles. The van der Waals surface area contributed by atoms with E-state index in [-0.39, 0.29) is 22.2 Å². The molecule has 2 aliphatic carbocycles. The summed E-state index contributed by atoms with van der Waals surface area (Å²) in [4.78, 5) is 0. The molecule has 0 aromatic heterocycles. The Kier molecular flexibility index (Phi) is 9.93. The second-order valence-electron chi connectivity index (χ2n) is 15.1. The highest BCUT2D eigenvalue weighted by atomic mass is 28.4. The minimum Gasteiger partial charge on any atom is -0.407 e. The molecule has 3 nitrogen and oxygen atoms in total. The summed E-state index contributed by atoms with van der Waals surface area (Å²) in [7, 11) is -2.63. The van der Waals surface area contributed by atoms with Crippen molar-refractivity contribution >= 4 is 18.7 Å². The molecule has 234 valence electrons. The lowest BCUT2D eigenvalue weighted by atomic mass is 9.50. The molecule has 1 aliphatic heterocycles. The van der Waals surface area contributed by atoms with Crippen molar-refractivity contribution in [3.63, 3.8) is 0 Å². The van der Waals surface area contributed by atoms with E-state index in [0.29, 0.717) is 31.7 Å². The van der Waals surface area contributed by atoms with Crippen LogP contribution in [0.1, 0.15) is 92.9 Å². The van der Waals surface area contributed by atoms with Crippen LogP contribution in [0.25, 0.3) is 0 Å². The predicted octanol–water partition coefficient (Wildman–Crippen LogP) is 8.83. The van der Waals surface area contributed by atoms with Crippen molar-refractivity contribution in [3.05, 3.63) is 84.5 Å². The topological polar surface area (TPSA) is 27.7 Å². The first kappa shape index (κ1) is 32.4. The van der Waals surface area contributed by atoms with Gasteiger partial charge in [-0.25, -0.2) is 0 Å². The van der Waals surface area contributed by atoms with E-state index in [0.717, 1.165) is 19.3 Å². The molecule has 5 rings (SSSR count). The van der Waals surface area contributed by atoms with Gasteiger partial charge >= 0.3 is 0 Å². The van der Waals surface area contributed by atoms with E-state index in [2.05, 4.69) is 115 Å². The van der Waals surface area contributed by atoms with Crippen LogP contribution in [-0.4, -0.2) is 34.4 Å². The molecule has 1 saturated heterocycles. The Labute approximate surface area is 263 Å². The van der Waals surface area contributed by atoms with Crippen LogP contribution < -0.4 is 10.4 Å². The molecule has 4 atom stereocenters. The van der Waals surface area contributed by atoms with E-state index in [1.54, 1.807) is 5.57 Å². The second kappa shape index (κ2) is 13.2. The molecule has 0 unspecified atom stereocenters. The van der Waals surface area contributed by atoms with E-state index < -0.39 is 8.32 Å². The molecule has 0 bridgehead atoms. The maximum absolute atomic E-state index is 7.52. The fourth-order valence-electron chi connectivity index (χ4n) is 9.03. The smallest absolute Gasteiger partial charge is 0.261 e. The van der Waals surface area contributed by atoms with Crippen molar-refractivity contribution in [2.75, 3.05) is 19.8 Å². The first-order chi connectivity index (χ1) is 20.5. The third kappa shape index (κ3) is 6.14. The van der Waals surface area contributed by atoms with Crippen LogP contribution in [0.3, 0.4) is 0 Å². The number of hydrogen-bond acceptors (Lipinski definition) is 3. The Bertz CT molecular complexity index is 1200. The molecule has 2 fully saturated rings. The Balaban J connectivity index is 1.51. The van der Waals surface area contributed by atoms with E-state index >= 15 is 0 Å². The van der Waals surface area contributed by atoms with Gasteiger partial charge in [0.2, 0.25) is 0 Å². The van der Waals surface area contributed by atoms with E-state index in [1.807, 2.05) is 0 Å². The van der Waals surface area contributed by atoms with Gasteiger partial charge in [-0.1, -0.05) is 119 Å². The molecule has 1 saturated carbocycles. The van der Waals surface area contributed by atoms with Crippen molar-refractivity contribution in [1.29, 1.82) is 0 Å². The highest BCUT2D eigenvalue weighted by molar-refractivity contribution is 6.99. The van der Waals surface area contributed by atoms with Crippen LogP contribution in [0, 0.1) is 22.7 Å². The van der Waals surface area contributed by atoms with Crippen LogP contribution in [0.4, 0.5) is 0 Å². The number of allylic oxidation sites excluding steroid dienone is 3. The minimum absolute atomic E-state index is 0.0425. The zero-order valence-corrected chi connectivity index (χ0v) is 28.8. The zero-order chi connectivity index (χ0) is 30.7. The highest BCUT2D eigenvalue weighted by Gasteiger charge is 2.58. The average molecular weight is 601 g/mol. The minimum atomic E-state index is -2.63. The van der Waals surface area contributed by atoms with Crippen LogP contribution >= 0.6 is 0 Å².